The first-order valence-corrected chi connectivity index (χ1v) is 16.8. The van der Waals surface area contributed by atoms with Crippen LogP contribution in [0.25, 0.3) is 0 Å². The Morgan fingerprint density at radius 1 is 0.591 bits per heavy atom. The molecule has 0 bridgehead atoms. The monoisotopic (exact) mass is 601 g/mol. The average molecular weight is 602 g/mol. The maximum absolute atomic E-state index is 12.5. The summed E-state index contributed by atoms with van der Waals surface area (Å²) in [5.74, 6) is 0.765. The fraction of sp³-hybridized carbons (Fsp3) is 0.184. The molecule has 5 aromatic carbocycles. The summed E-state index contributed by atoms with van der Waals surface area (Å²) < 4.78 is 18.3. The molecule has 0 aliphatic heterocycles. The van der Waals surface area contributed by atoms with Crippen LogP contribution in [0.3, 0.4) is 0 Å². The molecule has 0 spiro atoms. The topological polar surface area (TPSA) is 56.8 Å². The van der Waals surface area contributed by atoms with Crippen molar-refractivity contribution in [2.75, 3.05) is 5.32 Å². The van der Waals surface area contributed by atoms with Gasteiger partial charge in [-0.15, -0.1) is 0 Å². The molecule has 0 aliphatic rings. The number of nitrogens with one attached hydrogen (secondary N) is 1. The molecule has 0 aliphatic carbocycles. The van der Waals surface area contributed by atoms with E-state index in [1.54, 1.807) is 0 Å². The van der Waals surface area contributed by atoms with E-state index in [4.69, 9.17) is 13.9 Å². The van der Waals surface area contributed by atoms with E-state index in [-0.39, 0.29) is 11.6 Å². The molecule has 0 saturated heterocycles. The van der Waals surface area contributed by atoms with Gasteiger partial charge in [-0.05, 0) is 56.4 Å². The zero-order chi connectivity index (χ0) is 30.8. The molecule has 5 aromatic rings. The highest BCUT2D eigenvalue weighted by Gasteiger charge is 2.50. The number of anilines is 1. The predicted octanol–water partition coefficient (Wildman–Crippen LogP) is 8.09. The molecule has 0 radical (unpaired) electrons. The molecule has 1 amide bonds. The van der Waals surface area contributed by atoms with Gasteiger partial charge in [0.25, 0.3) is 8.32 Å². The van der Waals surface area contributed by atoms with Crippen molar-refractivity contribution in [3.63, 3.8) is 0 Å². The molecule has 0 atom stereocenters. The zero-order valence-corrected chi connectivity index (χ0v) is 26.5. The van der Waals surface area contributed by atoms with Crippen LogP contribution in [0.1, 0.15) is 37.5 Å². The number of carbonyl (C=O) groups excluding carboxylic acids is 1. The molecule has 0 fully saturated rings. The Kier molecular flexibility index (Phi) is 9.95. The van der Waals surface area contributed by atoms with Gasteiger partial charge in [0, 0.05) is 5.69 Å². The van der Waals surface area contributed by atoms with E-state index in [9.17, 15) is 4.79 Å². The zero-order valence-electron chi connectivity index (χ0n) is 25.5. The number of amides is 1. The first-order chi connectivity index (χ1) is 21.3. The van der Waals surface area contributed by atoms with Crippen LogP contribution in [0.15, 0.2) is 140 Å². The lowest BCUT2D eigenvalue weighted by Gasteiger charge is -2.43. The van der Waals surface area contributed by atoms with E-state index >= 15 is 0 Å². The SMILES string of the molecule is CC(C)(C)[Si](OCc1ccc(NC(=O)OCc2ccc(OCc3ccccc3)cc2)cc1)(c1ccccc1)c1ccccc1. The Hall–Kier alpha value is -4.65. The van der Waals surface area contributed by atoms with Gasteiger partial charge in [-0.1, -0.05) is 136 Å². The van der Waals surface area contributed by atoms with E-state index in [2.05, 4.69) is 74.6 Å². The standard InChI is InChI=1S/C38H39NO4Si/c1-38(2,3)44(35-15-9-5-10-16-35,36-17-11-6-12-18-36)43-29-32-19-23-33(24-20-32)39-37(40)42-28-31-21-25-34(26-22-31)41-27-30-13-7-4-8-14-30/h4-26H,27-29H2,1-3H3,(H,39,40). The number of benzene rings is 5. The van der Waals surface area contributed by atoms with Gasteiger partial charge >= 0.3 is 6.09 Å². The van der Waals surface area contributed by atoms with Gasteiger partial charge in [-0.25, -0.2) is 4.79 Å². The Balaban J connectivity index is 1.16. The minimum atomic E-state index is -2.64. The Labute approximate surface area is 261 Å². The maximum atomic E-state index is 12.5. The second kappa shape index (κ2) is 14.2. The molecule has 6 heteroatoms. The van der Waals surface area contributed by atoms with Crippen LogP contribution >= 0.6 is 0 Å². The number of carbonyl (C=O) groups is 1. The number of hydrogen-bond acceptors (Lipinski definition) is 4. The number of ether oxygens (including phenoxy) is 2. The van der Waals surface area contributed by atoms with Crippen LogP contribution in [0.2, 0.25) is 5.04 Å². The van der Waals surface area contributed by atoms with Crippen molar-refractivity contribution in [3.05, 3.63) is 156 Å². The van der Waals surface area contributed by atoms with Gasteiger partial charge in [0.05, 0.1) is 6.61 Å². The number of hydrogen-bond donors (Lipinski definition) is 1. The lowest BCUT2D eigenvalue weighted by atomic mass is 10.2. The van der Waals surface area contributed by atoms with E-state index in [0.29, 0.717) is 18.9 Å². The average Bonchev–Trinajstić information content (AvgIpc) is 3.05. The predicted molar refractivity (Wildman–Crippen MR) is 180 cm³/mol. The molecule has 0 aromatic heterocycles. The molecular formula is C38H39NO4Si. The highest BCUT2D eigenvalue weighted by atomic mass is 28.4. The molecule has 0 heterocycles. The van der Waals surface area contributed by atoms with Crippen molar-refractivity contribution in [2.45, 2.75) is 45.6 Å². The lowest BCUT2D eigenvalue weighted by Crippen LogP contribution is -2.66. The minimum Gasteiger partial charge on any atom is -0.489 e. The van der Waals surface area contributed by atoms with Gasteiger partial charge in [-0.2, -0.15) is 0 Å². The molecule has 44 heavy (non-hydrogen) atoms. The number of rotatable bonds is 11. The molecular weight excluding hydrogens is 563 g/mol. The third-order valence-electron chi connectivity index (χ3n) is 7.61. The summed E-state index contributed by atoms with van der Waals surface area (Å²) in [6, 6.07) is 46.5. The Bertz CT molecular complexity index is 1560. The fourth-order valence-electron chi connectivity index (χ4n) is 5.36. The van der Waals surface area contributed by atoms with Crippen LogP contribution in [0.4, 0.5) is 10.5 Å². The highest BCUT2D eigenvalue weighted by molar-refractivity contribution is 6.99. The van der Waals surface area contributed by atoms with Crippen LogP contribution in [-0.4, -0.2) is 14.4 Å². The van der Waals surface area contributed by atoms with Crippen molar-refractivity contribution in [3.8, 4) is 5.75 Å². The van der Waals surface area contributed by atoms with Gasteiger partial charge < -0.3 is 13.9 Å². The highest BCUT2D eigenvalue weighted by Crippen LogP contribution is 2.37. The quantitative estimate of drug-likeness (QED) is 0.156. The van der Waals surface area contributed by atoms with Crippen LogP contribution < -0.4 is 20.4 Å². The molecule has 1 N–H and O–H groups in total. The van der Waals surface area contributed by atoms with Crippen molar-refractivity contribution in [1.29, 1.82) is 0 Å². The fourth-order valence-corrected chi connectivity index (χ4v) is 9.90. The second-order valence-electron chi connectivity index (χ2n) is 11.8. The largest absolute Gasteiger partial charge is 0.489 e. The lowest BCUT2D eigenvalue weighted by molar-refractivity contribution is 0.155. The normalized spacial score (nSPS) is 11.5. The third kappa shape index (κ3) is 7.64. The summed E-state index contributed by atoms with van der Waals surface area (Å²) in [5.41, 5.74) is 3.68. The van der Waals surface area contributed by atoms with E-state index in [1.165, 1.54) is 10.4 Å². The Morgan fingerprint density at radius 3 is 1.61 bits per heavy atom. The van der Waals surface area contributed by atoms with Crippen LogP contribution in [0.5, 0.6) is 5.75 Å². The van der Waals surface area contributed by atoms with Gasteiger partial charge in [0.2, 0.25) is 0 Å². The summed E-state index contributed by atoms with van der Waals surface area (Å²) in [7, 11) is -2.64. The summed E-state index contributed by atoms with van der Waals surface area (Å²) >= 11 is 0. The Morgan fingerprint density at radius 2 is 1.07 bits per heavy atom. The van der Waals surface area contributed by atoms with Gasteiger partial charge in [0.1, 0.15) is 19.0 Å². The second-order valence-corrected chi connectivity index (χ2v) is 16.1. The third-order valence-corrected chi connectivity index (χ3v) is 12.6. The smallest absolute Gasteiger partial charge is 0.411 e. The molecule has 224 valence electrons. The van der Waals surface area contributed by atoms with Crippen molar-refractivity contribution < 1.29 is 18.7 Å². The van der Waals surface area contributed by atoms with E-state index in [1.807, 2.05) is 91.0 Å². The maximum Gasteiger partial charge on any atom is 0.411 e. The van der Waals surface area contributed by atoms with Crippen molar-refractivity contribution in [1.82, 2.24) is 0 Å². The van der Waals surface area contributed by atoms with Gasteiger partial charge in [0.15, 0.2) is 0 Å². The minimum absolute atomic E-state index is 0.101. The van der Waals surface area contributed by atoms with Gasteiger partial charge in [-0.3, -0.25) is 5.32 Å². The first kappa shape index (κ1) is 30.8. The molecule has 0 saturated carbocycles. The summed E-state index contributed by atoms with van der Waals surface area (Å²) in [6.45, 7) is 7.94. The van der Waals surface area contributed by atoms with Crippen molar-refractivity contribution >= 4 is 30.5 Å². The van der Waals surface area contributed by atoms with E-state index in [0.717, 1.165) is 22.4 Å². The van der Waals surface area contributed by atoms with Crippen molar-refractivity contribution in [2.24, 2.45) is 0 Å². The first-order valence-electron chi connectivity index (χ1n) is 14.9. The summed E-state index contributed by atoms with van der Waals surface area (Å²) in [6.07, 6.45) is -0.509. The molecule has 5 nitrogen and oxygen atoms in total. The van der Waals surface area contributed by atoms with Crippen LogP contribution in [0, 0.1) is 0 Å². The molecule has 0 unspecified atom stereocenters. The summed E-state index contributed by atoms with van der Waals surface area (Å²) in [4.78, 5) is 12.5. The van der Waals surface area contributed by atoms with E-state index < -0.39 is 14.4 Å². The summed E-state index contributed by atoms with van der Waals surface area (Å²) in [5, 5.41) is 5.21. The van der Waals surface area contributed by atoms with Crippen LogP contribution in [-0.2, 0) is 29.0 Å². The molecule has 5 rings (SSSR count).